The van der Waals surface area contributed by atoms with Gasteiger partial charge in [-0.15, -0.1) is 0 Å². The number of hydrogen-bond acceptors (Lipinski definition) is 6. The number of rotatable bonds is 6. The maximum atomic E-state index is 14.6. The number of aromatic nitrogens is 3. The summed E-state index contributed by atoms with van der Waals surface area (Å²) >= 11 is 0. The van der Waals surface area contributed by atoms with E-state index < -0.39 is 11.6 Å². The zero-order valence-electron chi connectivity index (χ0n) is 22.8. The number of benzene rings is 2. The monoisotopic (exact) mass is 545 g/mol. The Bertz CT molecular complexity index is 1550. The van der Waals surface area contributed by atoms with Gasteiger partial charge in [-0.05, 0) is 74.3 Å². The number of hydrogen-bond donors (Lipinski definition) is 1. The van der Waals surface area contributed by atoms with Crippen LogP contribution in [0.4, 0.5) is 20.3 Å². The van der Waals surface area contributed by atoms with Crippen molar-refractivity contribution < 1.29 is 13.6 Å². The molecule has 8 nitrogen and oxygen atoms in total. The molecule has 0 unspecified atom stereocenters. The highest BCUT2D eigenvalue weighted by Gasteiger charge is 2.30. The summed E-state index contributed by atoms with van der Waals surface area (Å²) in [5, 5.41) is 7.30. The van der Waals surface area contributed by atoms with Crippen LogP contribution >= 0.6 is 0 Å². The van der Waals surface area contributed by atoms with Crippen LogP contribution in [0.5, 0.6) is 0 Å². The average molecular weight is 546 g/mol. The van der Waals surface area contributed by atoms with Gasteiger partial charge in [0, 0.05) is 56.6 Å². The SMILES string of the molecule is Cc1cc(C(=O)Nc2cnn3ccc(N4CCC[C@@H]4c4cc(F)ccc4F)nc23)ccc1CN1CCN(C)CC1. The van der Waals surface area contributed by atoms with Crippen molar-refractivity contribution in [2.75, 3.05) is 50.0 Å². The Hall–Kier alpha value is -3.89. The lowest BCUT2D eigenvalue weighted by molar-refractivity contribution is 0.102. The molecule has 1 atom stereocenters. The van der Waals surface area contributed by atoms with Crippen LogP contribution in [0.25, 0.3) is 5.65 Å². The molecule has 40 heavy (non-hydrogen) atoms. The van der Waals surface area contributed by atoms with Gasteiger partial charge in [0.25, 0.3) is 5.91 Å². The molecule has 1 amide bonds. The van der Waals surface area contributed by atoms with Gasteiger partial charge in [-0.25, -0.2) is 18.3 Å². The molecule has 1 N–H and O–H groups in total. The molecular weight excluding hydrogens is 512 g/mol. The number of anilines is 2. The van der Waals surface area contributed by atoms with Crippen LogP contribution in [0.2, 0.25) is 0 Å². The highest BCUT2D eigenvalue weighted by Crippen LogP contribution is 2.37. The Labute approximate surface area is 232 Å². The predicted molar refractivity (Wildman–Crippen MR) is 151 cm³/mol. The van der Waals surface area contributed by atoms with Crippen molar-refractivity contribution in [1.29, 1.82) is 0 Å². The third kappa shape index (κ3) is 5.29. The van der Waals surface area contributed by atoms with Gasteiger partial charge in [-0.3, -0.25) is 9.69 Å². The molecule has 0 radical (unpaired) electrons. The third-order valence-electron chi connectivity index (χ3n) is 8.06. The van der Waals surface area contributed by atoms with Gasteiger partial charge in [0.15, 0.2) is 5.65 Å². The molecule has 0 aliphatic carbocycles. The summed E-state index contributed by atoms with van der Waals surface area (Å²) in [5.41, 5.74) is 4.16. The van der Waals surface area contributed by atoms with Crippen molar-refractivity contribution in [3.8, 4) is 0 Å². The topological polar surface area (TPSA) is 69.0 Å². The first-order valence-electron chi connectivity index (χ1n) is 13.7. The van der Waals surface area contributed by atoms with Crippen LogP contribution in [-0.2, 0) is 6.54 Å². The number of halogens is 2. The van der Waals surface area contributed by atoms with Crippen LogP contribution in [0.1, 0.15) is 45.9 Å². The number of nitrogens with one attached hydrogen (secondary N) is 1. The molecule has 208 valence electrons. The second kappa shape index (κ2) is 10.9. The molecular formula is C30H33F2N7O. The summed E-state index contributed by atoms with van der Waals surface area (Å²) in [6.07, 6.45) is 4.87. The molecule has 0 bridgehead atoms. The number of likely N-dealkylation sites (N-methyl/N-ethyl adjacent to an activating group) is 1. The van der Waals surface area contributed by atoms with Gasteiger partial charge in [0.2, 0.25) is 0 Å². The van der Waals surface area contributed by atoms with Gasteiger partial charge < -0.3 is 15.1 Å². The molecule has 6 rings (SSSR count). The summed E-state index contributed by atoms with van der Waals surface area (Å²) in [6, 6.07) is 10.9. The Kier molecular flexibility index (Phi) is 7.20. The Morgan fingerprint density at radius 2 is 1.88 bits per heavy atom. The standard InChI is InChI=1S/C30H33F2N7O/c1-20-16-21(5-6-22(20)19-37-14-12-36(2)13-15-37)30(40)34-26-18-33-39-11-9-28(35-29(26)39)38-10-3-4-27(38)24-17-23(31)7-8-25(24)32/h5-9,11,16-18,27H,3-4,10,12-15,19H2,1-2H3,(H,34,40)/t27-/m1/s1. The third-order valence-corrected chi connectivity index (χ3v) is 8.06. The summed E-state index contributed by atoms with van der Waals surface area (Å²) < 4.78 is 30.1. The molecule has 4 aromatic rings. The van der Waals surface area contributed by atoms with E-state index in [9.17, 15) is 13.6 Å². The lowest BCUT2D eigenvalue weighted by Crippen LogP contribution is -2.43. The normalized spacial score (nSPS) is 18.5. The van der Waals surface area contributed by atoms with E-state index in [1.165, 1.54) is 17.7 Å². The molecule has 2 aliphatic rings. The molecule has 2 aromatic carbocycles. The zero-order valence-corrected chi connectivity index (χ0v) is 22.8. The van der Waals surface area contributed by atoms with Gasteiger partial charge in [-0.2, -0.15) is 5.10 Å². The van der Waals surface area contributed by atoms with E-state index in [1.807, 2.05) is 36.1 Å². The Morgan fingerprint density at radius 1 is 1.05 bits per heavy atom. The first-order chi connectivity index (χ1) is 19.4. The average Bonchev–Trinajstić information content (AvgIpc) is 3.59. The minimum atomic E-state index is -0.463. The van der Waals surface area contributed by atoms with E-state index in [2.05, 4.69) is 27.3 Å². The van der Waals surface area contributed by atoms with Gasteiger partial charge in [0.05, 0.1) is 12.2 Å². The van der Waals surface area contributed by atoms with Crippen molar-refractivity contribution in [3.05, 3.63) is 88.7 Å². The largest absolute Gasteiger partial charge is 0.349 e. The van der Waals surface area contributed by atoms with E-state index in [0.717, 1.165) is 50.8 Å². The number of aryl methyl sites for hydroxylation is 1. The molecule has 0 spiro atoms. The molecule has 2 fully saturated rings. The summed E-state index contributed by atoms with van der Waals surface area (Å²) in [5.74, 6) is -0.507. The maximum absolute atomic E-state index is 14.6. The molecule has 2 aliphatic heterocycles. The second-order valence-electron chi connectivity index (χ2n) is 10.8. The number of nitrogens with zero attached hydrogens (tertiary/aromatic N) is 6. The van der Waals surface area contributed by atoms with Crippen molar-refractivity contribution in [2.24, 2.45) is 0 Å². The lowest BCUT2D eigenvalue weighted by atomic mass is 10.0. The van der Waals surface area contributed by atoms with Crippen molar-refractivity contribution >= 4 is 23.1 Å². The quantitative estimate of drug-likeness (QED) is 0.380. The van der Waals surface area contributed by atoms with E-state index in [-0.39, 0.29) is 11.9 Å². The summed E-state index contributed by atoms with van der Waals surface area (Å²) in [6.45, 7) is 7.79. The fourth-order valence-electron chi connectivity index (χ4n) is 5.70. The summed E-state index contributed by atoms with van der Waals surface area (Å²) in [7, 11) is 2.15. The number of carbonyl (C=O) groups is 1. The number of piperazine rings is 1. The molecule has 2 saturated heterocycles. The van der Waals surface area contributed by atoms with Crippen LogP contribution in [0.15, 0.2) is 54.9 Å². The van der Waals surface area contributed by atoms with Crippen LogP contribution in [-0.4, -0.2) is 70.1 Å². The summed E-state index contributed by atoms with van der Waals surface area (Å²) in [4.78, 5) is 24.8. The fourth-order valence-corrected chi connectivity index (χ4v) is 5.70. The van der Waals surface area contributed by atoms with Crippen molar-refractivity contribution in [3.63, 3.8) is 0 Å². The van der Waals surface area contributed by atoms with Gasteiger partial charge in [0.1, 0.15) is 23.1 Å². The molecule has 10 heteroatoms. The first kappa shape index (κ1) is 26.3. The van der Waals surface area contributed by atoms with Gasteiger partial charge >= 0.3 is 0 Å². The minimum absolute atomic E-state index is 0.239. The highest BCUT2D eigenvalue weighted by molar-refractivity contribution is 6.06. The van der Waals surface area contributed by atoms with E-state index in [1.54, 1.807) is 16.9 Å². The predicted octanol–water partition coefficient (Wildman–Crippen LogP) is 4.66. The lowest BCUT2D eigenvalue weighted by Gasteiger charge is -2.32. The van der Waals surface area contributed by atoms with Crippen molar-refractivity contribution in [2.45, 2.75) is 32.4 Å². The molecule has 4 heterocycles. The molecule has 0 saturated carbocycles. The first-order valence-corrected chi connectivity index (χ1v) is 13.7. The van der Waals surface area contributed by atoms with E-state index in [0.29, 0.717) is 41.2 Å². The fraction of sp³-hybridized carbons (Fsp3) is 0.367. The number of amides is 1. The van der Waals surface area contributed by atoms with Gasteiger partial charge in [-0.1, -0.05) is 6.07 Å². The van der Waals surface area contributed by atoms with E-state index >= 15 is 0 Å². The molecule has 2 aromatic heterocycles. The van der Waals surface area contributed by atoms with Crippen LogP contribution in [0, 0.1) is 18.6 Å². The second-order valence-corrected chi connectivity index (χ2v) is 10.8. The van der Waals surface area contributed by atoms with E-state index in [4.69, 9.17) is 4.98 Å². The maximum Gasteiger partial charge on any atom is 0.255 e. The number of carbonyl (C=O) groups excluding carboxylic acids is 1. The number of fused-ring (bicyclic) bond motifs is 1. The highest BCUT2D eigenvalue weighted by atomic mass is 19.1. The van der Waals surface area contributed by atoms with Crippen LogP contribution in [0.3, 0.4) is 0 Å². The minimum Gasteiger partial charge on any atom is -0.349 e. The Morgan fingerprint density at radius 3 is 2.67 bits per heavy atom. The van der Waals surface area contributed by atoms with Crippen LogP contribution < -0.4 is 10.2 Å². The Balaban J connectivity index is 1.20. The van der Waals surface area contributed by atoms with Crippen molar-refractivity contribution in [1.82, 2.24) is 24.4 Å². The zero-order chi connectivity index (χ0) is 27.8. The smallest absolute Gasteiger partial charge is 0.255 e.